The standard InChI is InChI=1S/C19H29N5/c1-15(2)12-16-8-11-24(13-16)19(20-3)21-9-7-17-14-23-10-5-4-6-18(23)22-17/h4-6,10,14-16H,7-9,11-13H2,1-3H3,(H,20,21). The largest absolute Gasteiger partial charge is 0.356 e. The third-order valence-corrected chi connectivity index (χ3v) is 4.68. The zero-order valence-electron chi connectivity index (χ0n) is 15.1. The normalized spacial score (nSPS) is 18.8. The van der Waals surface area contributed by atoms with Gasteiger partial charge in [-0.1, -0.05) is 19.9 Å². The first-order valence-corrected chi connectivity index (χ1v) is 9.04. The molecule has 2 aromatic heterocycles. The van der Waals surface area contributed by atoms with E-state index in [0.717, 1.165) is 55.2 Å². The third-order valence-electron chi connectivity index (χ3n) is 4.68. The van der Waals surface area contributed by atoms with Crippen LogP contribution >= 0.6 is 0 Å². The summed E-state index contributed by atoms with van der Waals surface area (Å²) in [7, 11) is 1.88. The lowest BCUT2D eigenvalue weighted by Gasteiger charge is -2.22. The van der Waals surface area contributed by atoms with Gasteiger partial charge in [0.15, 0.2) is 5.96 Å². The molecular weight excluding hydrogens is 298 g/mol. The molecule has 0 aromatic carbocycles. The number of nitrogens with one attached hydrogen (secondary N) is 1. The van der Waals surface area contributed by atoms with Gasteiger partial charge in [-0.05, 0) is 36.8 Å². The van der Waals surface area contributed by atoms with Crippen molar-refractivity contribution in [2.45, 2.75) is 33.1 Å². The van der Waals surface area contributed by atoms with Crippen molar-refractivity contribution in [1.82, 2.24) is 19.6 Å². The molecular formula is C19H29N5. The highest BCUT2D eigenvalue weighted by Crippen LogP contribution is 2.23. The van der Waals surface area contributed by atoms with Crippen molar-refractivity contribution in [1.29, 1.82) is 0 Å². The molecule has 1 atom stereocenters. The van der Waals surface area contributed by atoms with Gasteiger partial charge in [-0.15, -0.1) is 0 Å². The lowest BCUT2D eigenvalue weighted by atomic mass is 9.97. The van der Waals surface area contributed by atoms with Gasteiger partial charge >= 0.3 is 0 Å². The number of fused-ring (bicyclic) bond motifs is 1. The number of pyridine rings is 1. The summed E-state index contributed by atoms with van der Waals surface area (Å²) in [6.07, 6.45) is 7.65. The van der Waals surface area contributed by atoms with E-state index in [1.165, 1.54) is 12.8 Å². The number of likely N-dealkylation sites (tertiary alicyclic amines) is 1. The Labute approximate surface area is 144 Å². The van der Waals surface area contributed by atoms with Crippen molar-refractivity contribution in [3.8, 4) is 0 Å². The van der Waals surface area contributed by atoms with Crippen LogP contribution in [0.25, 0.3) is 5.65 Å². The Kier molecular flexibility index (Phi) is 5.38. The third kappa shape index (κ3) is 4.08. The number of aromatic nitrogens is 2. The van der Waals surface area contributed by atoms with Crippen LogP contribution in [-0.2, 0) is 6.42 Å². The Morgan fingerprint density at radius 3 is 3.04 bits per heavy atom. The van der Waals surface area contributed by atoms with Gasteiger partial charge in [0, 0.05) is 45.5 Å². The van der Waals surface area contributed by atoms with Crippen molar-refractivity contribution in [3.63, 3.8) is 0 Å². The first-order chi connectivity index (χ1) is 11.7. The van der Waals surface area contributed by atoms with Gasteiger partial charge in [-0.2, -0.15) is 0 Å². The van der Waals surface area contributed by atoms with Gasteiger partial charge in [-0.3, -0.25) is 4.99 Å². The molecule has 3 heterocycles. The molecule has 130 valence electrons. The van der Waals surface area contributed by atoms with Crippen molar-refractivity contribution >= 4 is 11.6 Å². The quantitative estimate of drug-likeness (QED) is 0.678. The van der Waals surface area contributed by atoms with Crippen molar-refractivity contribution in [2.24, 2.45) is 16.8 Å². The summed E-state index contributed by atoms with van der Waals surface area (Å²) in [6, 6.07) is 6.08. The molecule has 5 nitrogen and oxygen atoms in total. The minimum atomic E-state index is 0.778. The first kappa shape index (κ1) is 16.8. The number of nitrogens with zero attached hydrogens (tertiary/aromatic N) is 4. The predicted molar refractivity (Wildman–Crippen MR) is 99.4 cm³/mol. The second kappa shape index (κ2) is 7.69. The van der Waals surface area contributed by atoms with Gasteiger partial charge in [0.25, 0.3) is 0 Å². The Bertz CT molecular complexity index is 655. The SMILES string of the molecule is CN=C(NCCc1cn2ccccc2n1)N1CCC(CC(C)C)C1. The number of hydrogen-bond donors (Lipinski definition) is 1. The molecule has 0 saturated carbocycles. The van der Waals surface area contributed by atoms with Gasteiger partial charge in [0.1, 0.15) is 5.65 Å². The topological polar surface area (TPSA) is 44.9 Å². The fourth-order valence-electron chi connectivity index (χ4n) is 3.63. The highest BCUT2D eigenvalue weighted by Gasteiger charge is 2.25. The van der Waals surface area contributed by atoms with Gasteiger partial charge in [0.2, 0.25) is 0 Å². The molecule has 1 aliphatic rings. The summed E-state index contributed by atoms with van der Waals surface area (Å²) >= 11 is 0. The molecule has 1 aliphatic heterocycles. The summed E-state index contributed by atoms with van der Waals surface area (Å²) in [5, 5.41) is 3.50. The lowest BCUT2D eigenvalue weighted by molar-refractivity contribution is 0.403. The van der Waals surface area contributed by atoms with E-state index in [1.54, 1.807) is 0 Å². The van der Waals surface area contributed by atoms with E-state index < -0.39 is 0 Å². The average molecular weight is 327 g/mol. The fraction of sp³-hybridized carbons (Fsp3) is 0.579. The average Bonchev–Trinajstić information content (AvgIpc) is 3.17. The van der Waals surface area contributed by atoms with Crippen molar-refractivity contribution in [2.75, 3.05) is 26.7 Å². The van der Waals surface area contributed by atoms with E-state index in [1.807, 2.05) is 31.4 Å². The summed E-state index contributed by atoms with van der Waals surface area (Å²) in [6.45, 7) is 7.73. The van der Waals surface area contributed by atoms with E-state index in [0.29, 0.717) is 0 Å². The van der Waals surface area contributed by atoms with Crippen LogP contribution in [0.5, 0.6) is 0 Å². The molecule has 5 heteroatoms. The van der Waals surface area contributed by atoms with Crippen LogP contribution in [0.15, 0.2) is 35.6 Å². The first-order valence-electron chi connectivity index (χ1n) is 9.04. The maximum Gasteiger partial charge on any atom is 0.193 e. The highest BCUT2D eigenvalue weighted by atomic mass is 15.3. The smallest absolute Gasteiger partial charge is 0.193 e. The molecule has 0 radical (unpaired) electrons. The monoisotopic (exact) mass is 327 g/mol. The Hall–Kier alpha value is -2.04. The zero-order valence-corrected chi connectivity index (χ0v) is 15.1. The Morgan fingerprint density at radius 1 is 1.42 bits per heavy atom. The maximum atomic E-state index is 4.65. The number of rotatable bonds is 5. The second-order valence-electron chi connectivity index (χ2n) is 7.15. The van der Waals surface area contributed by atoms with Crippen LogP contribution in [0.3, 0.4) is 0 Å². The molecule has 0 amide bonds. The van der Waals surface area contributed by atoms with Crippen LogP contribution in [0.1, 0.15) is 32.4 Å². The molecule has 0 bridgehead atoms. The summed E-state index contributed by atoms with van der Waals surface area (Å²) in [4.78, 5) is 11.5. The van der Waals surface area contributed by atoms with Gasteiger partial charge < -0.3 is 14.6 Å². The van der Waals surface area contributed by atoms with E-state index in [9.17, 15) is 0 Å². The van der Waals surface area contributed by atoms with Crippen LogP contribution in [0.4, 0.5) is 0 Å². The molecule has 1 unspecified atom stereocenters. The predicted octanol–water partition coefficient (Wildman–Crippen LogP) is 2.82. The minimum Gasteiger partial charge on any atom is -0.356 e. The highest BCUT2D eigenvalue weighted by molar-refractivity contribution is 5.80. The lowest BCUT2D eigenvalue weighted by Crippen LogP contribution is -2.40. The maximum absolute atomic E-state index is 4.65. The molecule has 0 spiro atoms. The van der Waals surface area contributed by atoms with E-state index in [4.69, 9.17) is 0 Å². The van der Waals surface area contributed by atoms with E-state index in [2.05, 4.69) is 44.6 Å². The Balaban J connectivity index is 1.49. The van der Waals surface area contributed by atoms with E-state index in [-0.39, 0.29) is 0 Å². The molecule has 3 rings (SSSR count). The van der Waals surface area contributed by atoms with Crippen LogP contribution in [0.2, 0.25) is 0 Å². The number of hydrogen-bond acceptors (Lipinski definition) is 2. The van der Waals surface area contributed by atoms with Crippen LogP contribution in [-0.4, -0.2) is 46.9 Å². The van der Waals surface area contributed by atoms with Crippen LogP contribution in [0, 0.1) is 11.8 Å². The minimum absolute atomic E-state index is 0.778. The number of guanidine groups is 1. The van der Waals surface area contributed by atoms with Crippen molar-refractivity contribution < 1.29 is 0 Å². The molecule has 1 N–H and O–H groups in total. The van der Waals surface area contributed by atoms with Crippen LogP contribution < -0.4 is 5.32 Å². The second-order valence-corrected chi connectivity index (χ2v) is 7.15. The molecule has 2 aromatic rings. The molecule has 0 aliphatic carbocycles. The van der Waals surface area contributed by atoms with E-state index >= 15 is 0 Å². The molecule has 1 fully saturated rings. The zero-order chi connectivity index (χ0) is 16.9. The Morgan fingerprint density at radius 2 is 2.29 bits per heavy atom. The van der Waals surface area contributed by atoms with Gasteiger partial charge in [0.05, 0.1) is 5.69 Å². The molecule has 24 heavy (non-hydrogen) atoms. The number of aliphatic imine (C=N–C) groups is 1. The van der Waals surface area contributed by atoms with Crippen molar-refractivity contribution in [3.05, 3.63) is 36.3 Å². The summed E-state index contributed by atoms with van der Waals surface area (Å²) < 4.78 is 2.07. The molecule has 1 saturated heterocycles. The number of imidazole rings is 1. The van der Waals surface area contributed by atoms with Gasteiger partial charge in [-0.25, -0.2) is 4.98 Å². The summed E-state index contributed by atoms with van der Waals surface area (Å²) in [5.74, 6) is 2.62. The fourth-order valence-corrected chi connectivity index (χ4v) is 3.63. The summed E-state index contributed by atoms with van der Waals surface area (Å²) in [5.41, 5.74) is 2.12.